The van der Waals surface area contributed by atoms with Crippen LogP contribution in [0.3, 0.4) is 0 Å². The molecule has 10 heteroatoms. The number of aliphatic carboxylic acids is 1. The highest BCUT2D eigenvalue weighted by Gasteiger charge is 2.28. The molecule has 0 aliphatic carbocycles. The van der Waals surface area contributed by atoms with E-state index in [-0.39, 0.29) is 6.42 Å². The van der Waals surface area contributed by atoms with Gasteiger partial charge in [0.2, 0.25) is 5.91 Å². The number of carbonyl (C=O) groups is 4. The van der Waals surface area contributed by atoms with Crippen LogP contribution in [0.25, 0.3) is 10.9 Å². The highest BCUT2D eigenvalue weighted by Crippen LogP contribution is 2.24. The lowest BCUT2D eigenvalue weighted by molar-refractivity contribution is -0.156. The SMILES string of the molecule is CC(C)(C)OC(=O)C[C@H](N)C(=O)N[C@@H](Cc1cn(C(=O)OC(C)(C)C)c2ccccc12)C(=O)O. The molecule has 2 rings (SSSR count). The molecular formula is C24H33N3O7. The van der Waals surface area contributed by atoms with Gasteiger partial charge in [0.15, 0.2) is 0 Å². The van der Waals surface area contributed by atoms with Gasteiger partial charge >= 0.3 is 18.0 Å². The van der Waals surface area contributed by atoms with Crippen LogP contribution in [0.15, 0.2) is 30.5 Å². The van der Waals surface area contributed by atoms with E-state index in [2.05, 4.69) is 5.32 Å². The molecule has 186 valence electrons. The molecule has 0 aliphatic rings. The van der Waals surface area contributed by atoms with Gasteiger partial charge in [0.1, 0.15) is 17.2 Å². The van der Waals surface area contributed by atoms with E-state index in [1.165, 1.54) is 10.8 Å². The van der Waals surface area contributed by atoms with E-state index < -0.39 is 53.6 Å². The molecule has 1 aromatic carbocycles. The molecule has 0 spiro atoms. The van der Waals surface area contributed by atoms with Gasteiger partial charge in [0, 0.05) is 18.0 Å². The Bertz CT molecular complexity index is 1080. The van der Waals surface area contributed by atoms with Crippen LogP contribution in [0.2, 0.25) is 0 Å². The molecule has 34 heavy (non-hydrogen) atoms. The summed E-state index contributed by atoms with van der Waals surface area (Å²) in [6.07, 6.45) is 0.385. The van der Waals surface area contributed by atoms with Gasteiger partial charge in [-0.2, -0.15) is 0 Å². The Hall–Kier alpha value is -3.40. The zero-order chi connectivity index (χ0) is 25.8. The van der Waals surface area contributed by atoms with Crippen LogP contribution in [0, 0.1) is 0 Å². The predicted molar refractivity (Wildman–Crippen MR) is 125 cm³/mol. The standard InChI is InChI=1S/C24H33N3O7/c1-23(2,3)33-19(28)12-16(25)20(29)26-17(21(30)31)11-14-13-27(22(32)34-24(4,5)6)18-10-8-7-9-15(14)18/h7-10,13,16-17H,11-12,25H2,1-6H3,(H,26,29)(H,30,31)/t16-,17-/m0/s1. The third-order valence-electron chi connectivity index (χ3n) is 4.57. The maximum Gasteiger partial charge on any atom is 0.419 e. The number of carboxylic acid groups (broad SMARTS) is 1. The quantitative estimate of drug-likeness (QED) is 0.517. The number of benzene rings is 1. The number of ether oxygens (including phenoxy) is 2. The fourth-order valence-corrected chi connectivity index (χ4v) is 3.23. The summed E-state index contributed by atoms with van der Waals surface area (Å²) >= 11 is 0. The van der Waals surface area contributed by atoms with Crippen LogP contribution in [-0.4, -0.2) is 56.9 Å². The zero-order valence-electron chi connectivity index (χ0n) is 20.4. The summed E-state index contributed by atoms with van der Waals surface area (Å²) in [7, 11) is 0. The number of amides is 1. The van der Waals surface area contributed by atoms with Crippen molar-refractivity contribution in [2.45, 2.75) is 77.7 Å². The number of nitrogens with one attached hydrogen (secondary N) is 1. The first-order valence-electron chi connectivity index (χ1n) is 10.9. The number of esters is 1. The van der Waals surface area contributed by atoms with Crippen molar-refractivity contribution in [3.8, 4) is 0 Å². The van der Waals surface area contributed by atoms with Crippen molar-refractivity contribution in [3.63, 3.8) is 0 Å². The number of rotatable bonds is 7. The molecule has 2 atom stereocenters. The van der Waals surface area contributed by atoms with Crippen molar-refractivity contribution in [2.75, 3.05) is 0 Å². The fourth-order valence-electron chi connectivity index (χ4n) is 3.23. The molecule has 0 saturated heterocycles. The summed E-state index contributed by atoms with van der Waals surface area (Å²) in [5, 5.41) is 12.7. The number of nitrogens with two attached hydrogens (primary N) is 1. The first kappa shape index (κ1) is 26.8. The Kier molecular flexibility index (Phi) is 8.09. The van der Waals surface area contributed by atoms with Crippen LogP contribution in [0.1, 0.15) is 53.5 Å². The molecule has 0 radical (unpaired) electrons. The summed E-state index contributed by atoms with van der Waals surface area (Å²) in [6.45, 7) is 10.3. The van der Waals surface area contributed by atoms with Gasteiger partial charge < -0.3 is 25.6 Å². The molecule has 10 nitrogen and oxygen atoms in total. The van der Waals surface area contributed by atoms with E-state index in [9.17, 15) is 24.3 Å². The average molecular weight is 476 g/mol. The van der Waals surface area contributed by atoms with Crippen LogP contribution in [0.4, 0.5) is 4.79 Å². The smallest absolute Gasteiger partial charge is 0.419 e. The number of nitrogens with zero attached hydrogens (tertiary/aromatic N) is 1. The molecule has 1 amide bonds. The molecule has 0 fully saturated rings. The first-order chi connectivity index (χ1) is 15.6. The van der Waals surface area contributed by atoms with Crippen LogP contribution < -0.4 is 11.1 Å². The summed E-state index contributed by atoms with van der Waals surface area (Å²) in [6, 6.07) is 4.36. The number of carboxylic acids is 1. The van der Waals surface area contributed by atoms with E-state index >= 15 is 0 Å². The van der Waals surface area contributed by atoms with E-state index in [0.29, 0.717) is 16.5 Å². The lowest BCUT2D eigenvalue weighted by atomic mass is 10.0. The Morgan fingerprint density at radius 3 is 2.18 bits per heavy atom. The monoisotopic (exact) mass is 475 g/mol. The second-order valence-corrected chi connectivity index (χ2v) is 10.0. The van der Waals surface area contributed by atoms with Crippen molar-refractivity contribution < 1.29 is 33.8 Å². The normalized spacial score (nSPS) is 13.7. The molecule has 1 heterocycles. The summed E-state index contributed by atoms with van der Waals surface area (Å²) < 4.78 is 11.9. The highest BCUT2D eigenvalue weighted by molar-refractivity contribution is 5.93. The maximum absolute atomic E-state index is 12.7. The molecule has 4 N–H and O–H groups in total. The summed E-state index contributed by atoms with van der Waals surface area (Å²) in [5.41, 5.74) is 5.41. The van der Waals surface area contributed by atoms with Crippen LogP contribution in [-0.2, 0) is 30.3 Å². The van der Waals surface area contributed by atoms with Crippen molar-refractivity contribution in [2.24, 2.45) is 5.73 Å². The number of hydrogen-bond donors (Lipinski definition) is 3. The first-order valence-corrected chi connectivity index (χ1v) is 10.9. The minimum Gasteiger partial charge on any atom is -0.480 e. The van der Waals surface area contributed by atoms with E-state index in [1.807, 2.05) is 0 Å². The molecule has 0 bridgehead atoms. The molecule has 1 aromatic heterocycles. The highest BCUT2D eigenvalue weighted by atomic mass is 16.6. The van der Waals surface area contributed by atoms with Crippen LogP contribution in [0.5, 0.6) is 0 Å². The number of para-hydroxylation sites is 1. The Morgan fingerprint density at radius 2 is 1.62 bits per heavy atom. The second kappa shape index (κ2) is 10.3. The number of hydrogen-bond acceptors (Lipinski definition) is 7. The van der Waals surface area contributed by atoms with E-state index in [4.69, 9.17) is 15.2 Å². The molecule has 0 aliphatic heterocycles. The Labute approximate surface area is 198 Å². The third-order valence-corrected chi connectivity index (χ3v) is 4.57. The minimum absolute atomic E-state index is 0.115. The van der Waals surface area contributed by atoms with Crippen molar-refractivity contribution in [1.82, 2.24) is 9.88 Å². The van der Waals surface area contributed by atoms with Crippen molar-refractivity contribution in [3.05, 3.63) is 36.0 Å². The number of aromatic nitrogens is 1. The van der Waals surface area contributed by atoms with Gasteiger partial charge in [-0.15, -0.1) is 0 Å². The van der Waals surface area contributed by atoms with Gasteiger partial charge in [-0.3, -0.25) is 14.2 Å². The van der Waals surface area contributed by atoms with E-state index in [0.717, 1.165) is 0 Å². The third kappa shape index (κ3) is 7.58. The zero-order valence-corrected chi connectivity index (χ0v) is 20.4. The predicted octanol–water partition coefficient (Wildman–Crippen LogP) is 2.60. The van der Waals surface area contributed by atoms with Gasteiger partial charge in [0.25, 0.3) is 0 Å². The molecule has 0 unspecified atom stereocenters. The summed E-state index contributed by atoms with van der Waals surface area (Å²) in [5.74, 6) is -2.75. The van der Waals surface area contributed by atoms with E-state index in [1.54, 1.807) is 65.8 Å². The molecule has 0 saturated carbocycles. The minimum atomic E-state index is -1.34. The van der Waals surface area contributed by atoms with Crippen molar-refractivity contribution >= 4 is 34.8 Å². The maximum atomic E-state index is 12.7. The topological polar surface area (TPSA) is 150 Å². The molecule has 2 aromatic rings. The summed E-state index contributed by atoms with van der Waals surface area (Å²) in [4.78, 5) is 49.0. The Morgan fingerprint density at radius 1 is 1.03 bits per heavy atom. The Balaban J connectivity index is 2.22. The lowest BCUT2D eigenvalue weighted by Gasteiger charge is -2.21. The van der Waals surface area contributed by atoms with Gasteiger partial charge in [-0.1, -0.05) is 18.2 Å². The largest absolute Gasteiger partial charge is 0.480 e. The van der Waals surface area contributed by atoms with Gasteiger partial charge in [-0.05, 0) is 53.2 Å². The number of fused-ring (bicyclic) bond motifs is 1. The van der Waals surface area contributed by atoms with Gasteiger partial charge in [-0.25, -0.2) is 9.59 Å². The second-order valence-electron chi connectivity index (χ2n) is 10.0. The number of carbonyl (C=O) groups excluding carboxylic acids is 3. The van der Waals surface area contributed by atoms with Crippen molar-refractivity contribution in [1.29, 1.82) is 0 Å². The lowest BCUT2D eigenvalue weighted by Crippen LogP contribution is -2.50. The molecular weight excluding hydrogens is 442 g/mol. The van der Waals surface area contributed by atoms with Gasteiger partial charge in [0.05, 0.1) is 18.0 Å². The van der Waals surface area contributed by atoms with Crippen LogP contribution >= 0.6 is 0 Å². The average Bonchev–Trinajstić information content (AvgIpc) is 3.03. The fraction of sp³-hybridized carbons (Fsp3) is 0.500.